The minimum atomic E-state index is -0.124. The summed E-state index contributed by atoms with van der Waals surface area (Å²) in [5.74, 6) is -0.124. The van der Waals surface area contributed by atoms with Gasteiger partial charge in [0.05, 0.1) is 11.6 Å². The van der Waals surface area contributed by atoms with Gasteiger partial charge in [-0.1, -0.05) is 39.7 Å². The van der Waals surface area contributed by atoms with Crippen LogP contribution >= 0.6 is 43.5 Å². The van der Waals surface area contributed by atoms with Gasteiger partial charge in [0.2, 0.25) is 0 Å². The molecule has 0 spiro atoms. The Morgan fingerprint density at radius 3 is 2.45 bits per heavy atom. The van der Waals surface area contributed by atoms with Gasteiger partial charge >= 0.3 is 0 Å². The second-order valence-electron chi connectivity index (χ2n) is 4.37. The highest BCUT2D eigenvalue weighted by molar-refractivity contribution is 9.11. The zero-order chi connectivity index (χ0) is 14.7. The molecule has 0 bridgehead atoms. The van der Waals surface area contributed by atoms with Crippen LogP contribution in [0.2, 0.25) is 5.02 Å². The number of carbonyl (C=O) groups excluding carboxylic acids is 1. The van der Waals surface area contributed by atoms with E-state index >= 15 is 0 Å². The van der Waals surface area contributed by atoms with Crippen LogP contribution in [0.25, 0.3) is 0 Å². The molecule has 1 atom stereocenters. The Kier molecular flexibility index (Phi) is 5.24. The quantitative estimate of drug-likeness (QED) is 0.716. The van der Waals surface area contributed by atoms with Crippen LogP contribution in [-0.2, 0) is 0 Å². The van der Waals surface area contributed by atoms with Crippen molar-refractivity contribution in [2.75, 3.05) is 0 Å². The molecular formula is C15H12Br2ClNO. The summed E-state index contributed by atoms with van der Waals surface area (Å²) in [5, 5.41) is 3.65. The van der Waals surface area contributed by atoms with E-state index in [1.54, 1.807) is 6.07 Å². The van der Waals surface area contributed by atoms with Crippen molar-refractivity contribution in [2.24, 2.45) is 0 Å². The minimum Gasteiger partial charge on any atom is -0.345 e. The van der Waals surface area contributed by atoms with Crippen LogP contribution in [0.1, 0.15) is 28.9 Å². The van der Waals surface area contributed by atoms with Gasteiger partial charge in [-0.3, -0.25) is 4.79 Å². The van der Waals surface area contributed by atoms with Gasteiger partial charge in [-0.2, -0.15) is 0 Å². The van der Waals surface area contributed by atoms with E-state index < -0.39 is 0 Å². The maximum Gasteiger partial charge on any atom is 0.252 e. The molecule has 0 saturated heterocycles. The van der Waals surface area contributed by atoms with Crippen molar-refractivity contribution in [3.05, 3.63) is 67.6 Å². The predicted octanol–water partition coefficient (Wildman–Crippen LogP) is 5.36. The fraction of sp³-hybridized carbons (Fsp3) is 0.133. The molecule has 0 saturated carbocycles. The van der Waals surface area contributed by atoms with Gasteiger partial charge in [0, 0.05) is 14.0 Å². The zero-order valence-corrected chi connectivity index (χ0v) is 14.6. The van der Waals surface area contributed by atoms with Crippen molar-refractivity contribution in [1.82, 2.24) is 5.32 Å². The smallest absolute Gasteiger partial charge is 0.252 e. The summed E-state index contributed by atoms with van der Waals surface area (Å²) in [5.41, 5.74) is 1.61. The topological polar surface area (TPSA) is 29.1 Å². The van der Waals surface area contributed by atoms with Crippen LogP contribution in [0.4, 0.5) is 0 Å². The first-order chi connectivity index (χ1) is 9.47. The second kappa shape index (κ2) is 6.74. The van der Waals surface area contributed by atoms with E-state index in [1.807, 2.05) is 43.3 Å². The summed E-state index contributed by atoms with van der Waals surface area (Å²) in [7, 11) is 0. The number of benzene rings is 2. The monoisotopic (exact) mass is 415 g/mol. The largest absolute Gasteiger partial charge is 0.345 e. The van der Waals surface area contributed by atoms with Crippen LogP contribution in [0, 0.1) is 0 Å². The maximum atomic E-state index is 12.3. The second-order valence-corrected chi connectivity index (χ2v) is 6.58. The van der Waals surface area contributed by atoms with Crippen molar-refractivity contribution in [3.63, 3.8) is 0 Å². The highest BCUT2D eigenvalue weighted by Gasteiger charge is 2.14. The Balaban J connectivity index is 2.15. The predicted molar refractivity (Wildman–Crippen MR) is 89.2 cm³/mol. The third-order valence-electron chi connectivity index (χ3n) is 2.89. The van der Waals surface area contributed by atoms with Crippen molar-refractivity contribution in [1.29, 1.82) is 0 Å². The van der Waals surface area contributed by atoms with Crippen LogP contribution in [-0.4, -0.2) is 5.91 Å². The number of hydrogen-bond donors (Lipinski definition) is 1. The molecule has 1 unspecified atom stereocenters. The van der Waals surface area contributed by atoms with E-state index in [0.29, 0.717) is 10.6 Å². The normalized spacial score (nSPS) is 12.0. The lowest BCUT2D eigenvalue weighted by Gasteiger charge is -2.15. The highest BCUT2D eigenvalue weighted by atomic mass is 79.9. The summed E-state index contributed by atoms with van der Waals surface area (Å²) in [6.07, 6.45) is 0. The average molecular weight is 418 g/mol. The summed E-state index contributed by atoms with van der Waals surface area (Å²) in [4.78, 5) is 12.3. The lowest BCUT2D eigenvalue weighted by molar-refractivity contribution is 0.0939. The molecule has 2 nitrogen and oxygen atoms in total. The fourth-order valence-electron chi connectivity index (χ4n) is 1.78. The third kappa shape index (κ3) is 3.84. The van der Waals surface area contributed by atoms with Gasteiger partial charge in [-0.25, -0.2) is 0 Å². The number of amides is 1. The fourth-order valence-corrected chi connectivity index (χ4v) is 2.69. The van der Waals surface area contributed by atoms with Gasteiger partial charge < -0.3 is 5.32 Å². The Hall–Kier alpha value is -0.840. The van der Waals surface area contributed by atoms with E-state index in [1.165, 1.54) is 0 Å². The van der Waals surface area contributed by atoms with E-state index in [0.717, 1.165) is 14.5 Å². The molecule has 1 amide bonds. The molecular weight excluding hydrogens is 405 g/mol. The lowest BCUT2D eigenvalue weighted by atomic mass is 10.1. The summed E-state index contributed by atoms with van der Waals surface area (Å²) >= 11 is 12.6. The SMILES string of the molecule is CC(NC(=O)c1cc(Br)ccc1Br)c1ccc(Cl)cc1. The van der Waals surface area contributed by atoms with Gasteiger partial charge in [0.1, 0.15) is 0 Å². The molecule has 104 valence electrons. The van der Waals surface area contributed by atoms with E-state index in [4.69, 9.17) is 11.6 Å². The minimum absolute atomic E-state index is 0.0920. The molecule has 0 aromatic heterocycles. The van der Waals surface area contributed by atoms with E-state index in [2.05, 4.69) is 37.2 Å². The number of hydrogen-bond acceptors (Lipinski definition) is 1. The van der Waals surface area contributed by atoms with Gasteiger partial charge in [0.15, 0.2) is 0 Å². The Morgan fingerprint density at radius 1 is 1.15 bits per heavy atom. The number of carbonyl (C=O) groups is 1. The van der Waals surface area contributed by atoms with Crippen molar-refractivity contribution in [3.8, 4) is 0 Å². The first-order valence-electron chi connectivity index (χ1n) is 5.99. The van der Waals surface area contributed by atoms with Crippen molar-refractivity contribution < 1.29 is 4.79 Å². The van der Waals surface area contributed by atoms with Crippen LogP contribution < -0.4 is 5.32 Å². The first-order valence-corrected chi connectivity index (χ1v) is 7.95. The molecule has 0 aliphatic rings. The van der Waals surface area contributed by atoms with Crippen LogP contribution in [0.15, 0.2) is 51.4 Å². The van der Waals surface area contributed by atoms with Crippen LogP contribution in [0.5, 0.6) is 0 Å². The van der Waals surface area contributed by atoms with Crippen LogP contribution in [0.3, 0.4) is 0 Å². The number of rotatable bonds is 3. The molecule has 0 heterocycles. The molecule has 2 aromatic carbocycles. The first kappa shape index (κ1) is 15.5. The maximum absolute atomic E-state index is 12.3. The van der Waals surface area contributed by atoms with Crippen molar-refractivity contribution in [2.45, 2.75) is 13.0 Å². The lowest BCUT2D eigenvalue weighted by Crippen LogP contribution is -2.26. The molecule has 0 aliphatic carbocycles. The Bertz CT molecular complexity index is 628. The number of nitrogens with one attached hydrogen (secondary N) is 1. The number of halogens is 3. The summed E-state index contributed by atoms with van der Waals surface area (Å²) in [6.45, 7) is 1.94. The summed E-state index contributed by atoms with van der Waals surface area (Å²) in [6, 6.07) is 12.9. The highest BCUT2D eigenvalue weighted by Crippen LogP contribution is 2.23. The zero-order valence-electron chi connectivity index (χ0n) is 10.7. The Labute approximate surface area is 139 Å². The summed E-state index contributed by atoms with van der Waals surface area (Å²) < 4.78 is 1.63. The molecule has 5 heteroatoms. The van der Waals surface area contributed by atoms with Gasteiger partial charge in [0.25, 0.3) is 5.91 Å². The molecule has 1 N–H and O–H groups in total. The molecule has 2 rings (SSSR count). The Morgan fingerprint density at radius 2 is 1.80 bits per heavy atom. The molecule has 2 aromatic rings. The molecule has 0 radical (unpaired) electrons. The third-order valence-corrected chi connectivity index (χ3v) is 4.33. The van der Waals surface area contributed by atoms with Gasteiger partial charge in [-0.05, 0) is 58.7 Å². The van der Waals surface area contributed by atoms with E-state index in [9.17, 15) is 4.79 Å². The average Bonchev–Trinajstić information content (AvgIpc) is 2.42. The van der Waals surface area contributed by atoms with E-state index in [-0.39, 0.29) is 11.9 Å². The standard InChI is InChI=1S/C15H12Br2ClNO/c1-9(10-2-5-12(18)6-3-10)19-15(20)13-8-11(16)4-7-14(13)17/h2-9H,1H3,(H,19,20). The molecule has 20 heavy (non-hydrogen) atoms. The van der Waals surface area contributed by atoms with Crippen molar-refractivity contribution >= 4 is 49.4 Å². The van der Waals surface area contributed by atoms with Gasteiger partial charge in [-0.15, -0.1) is 0 Å². The molecule has 0 fully saturated rings. The molecule has 0 aliphatic heterocycles.